The number of amidine groups is 1. The molecule has 118 valence electrons. The van der Waals surface area contributed by atoms with Gasteiger partial charge in [0.2, 0.25) is 0 Å². The van der Waals surface area contributed by atoms with Crippen molar-refractivity contribution >= 4 is 27.3 Å². The van der Waals surface area contributed by atoms with Gasteiger partial charge in [0, 0.05) is 29.9 Å². The first-order chi connectivity index (χ1) is 9.58. The molecule has 0 fully saturated rings. The van der Waals surface area contributed by atoms with E-state index in [1.54, 1.807) is 32.0 Å². The number of rotatable bonds is 6. The minimum absolute atomic E-state index is 0.0189. The molecule has 0 amide bonds. The molecular formula is C13H20ClN3O3S. The van der Waals surface area contributed by atoms with E-state index in [1.807, 2.05) is 0 Å². The first-order valence-corrected chi connectivity index (χ1v) is 8.52. The first kappa shape index (κ1) is 17.7. The van der Waals surface area contributed by atoms with Gasteiger partial charge in [-0.25, -0.2) is 8.42 Å². The number of oxime groups is 1. The lowest BCUT2D eigenvalue weighted by molar-refractivity contribution is 0.318. The van der Waals surface area contributed by atoms with E-state index in [9.17, 15) is 8.42 Å². The molecule has 0 aliphatic carbocycles. The summed E-state index contributed by atoms with van der Waals surface area (Å²) in [6, 6.07) is 5.02. The van der Waals surface area contributed by atoms with Crippen molar-refractivity contribution in [3.8, 4) is 0 Å². The van der Waals surface area contributed by atoms with Gasteiger partial charge in [-0.05, 0) is 25.5 Å². The number of nitrogens with zero attached hydrogens (tertiary/aromatic N) is 1. The van der Waals surface area contributed by atoms with Gasteiger partial charge >= 0.3 is 0 Å². The molecule has 0 aliphatic rings. The molecule has 1 rings (SSSR count). The average Bonchev–Trinajstić information content (AvgIpc) is 2.38. The molecule has 0 aliphatic heterocycles. The molecule has 0 saturated heterocycles. The normalized spacial score (nSPS) is 13.4. The van der Waals surface area contributed by atoms with Crippen LogP contribution in [0.3, 0.4) is 0 Å². The number of hydrogen-bond acceptors (Lipinski definition) is 5. The highest BCUT2D eigenvalue weighted by molar-refractivity contribution is 7.92. The molecule has 8 heteroatoms. The molecule has 0 bridgehead atoms. The Balaban J connectivity index is 2.74. The second-order valence-corrected chi connectivity index (χ2v) is 8.48. The minimum Gasteiger partial charge on any atom is -0.409 e. The zero-order chi connectivity index (χ0) is 16.3. The van der Waals surface area contributed by atoms with E-state index in [1.165, 1.54) is 6.26 Å². The van der Waals surface area contributed by atoms with Crippen LogP contribution in [0.25, 0.3) is 0 Å². The van der Waals surface area contributed by atoms with Crippen molar-refractivity contribution in [3.05, 3.63) is 34.3 Å². The molecule has 0 saturated carbocycles. The van der Waals surface area contributed by atoms with Crippen LogP contribution >= 0.6 is 11.6 Å². The van der Waals surface area contributed by atoms with E-state index in [4.69, 9.17) is 22.5 Å². The first-order valence-electron chi connectivity index (χ1n) is 6.25. The molecule has 6 nitrogen and oxygen atoms in total. The largest absolute Gasteiger partial charge is 0.409 e. The third-order valence-electron chi connectivity index (χ3n) is 3.33. The van der Waals surface area contributed by atoms with Crippen LogP contribution in [-0.2, 0) is 16.4 Å². The molecule has 0 radical (unpaired) electrons. The highest BCUT2D eigenvalue weighted by Crippen LogP contribution is 2.19. The standard InChI is InChI=1S/C13H20ClN3O3S/c1-13(2,21(3,19)20)8-16-7-10-5-4-9(6-11(10)14)12(15)17-18/h4-6,16,18H,7-8H2,1-3H3,(H2,15,17). The van der Waals surface area contributed by atoms with E-state index in [2.05, 4.69) is 10.5 Å². The summed E-state index contributed by atoms with van der Waals surface area (Å²) in [5.74, 6) is -0.0189. The summed E-state index contributed by atoms with van der Waals surface area (Å²) in [5, 5.41) is 15.1. The Labute approximate surface area is 129 Å². The number of benzene rings is 1. The highest BCUT2D eigenvalue weighted by atomic mass is 35.5. The van der Waals surface area contributed by atoms with Crippen LogP contribution in [0.2, 0.25) is 5.02 Å². The number of nitrogens with one attached hydrogen (secondary N) is 1. The molecular weight excluding hydrogens is 314 g/mol. The lowest BCUT2D eigenvalue weighted by atomic mass is 10.1. The Morgan fingerprint density at radius 1 is 1.48 bits per heavy atom. The van der Waals surface area contributed by atoms with Crippen LogP contribution in [0.15, 0.2) is 23.4 Å². The molecule has 21 heavy (non-hydrogen) atoms. The van der Waals surface area contributed by atoms with Crippen LogP contribution in [0, 0.1) is 0 Å². The van der Waals surface area contributed by atoms with Gasteiger partial charge in [-0.2, -0.15) is 0 Å². The number of hydrogen-bond donors (Lipinski definition) is 3. The van der Waals surface area contributed by atoms with Crippen LogP contribution in [0.1, 0.15) is 25.0 Å². The fourth-order valence-electron chi connectivity index (χ4n) is 1.54. The van der Waals surface area contributed by atoms with Crippen LogP contribution in [0.5, 0.6) is 0 Å². The Kier molecular flexibility index (Phi) is 5.61. The van der Waals surface area contributed by atoms with Gasteiger partial charge < -0.3 is 16.3 Å². The highest BCUT2D eigenvalue weighted by Gasteiger charge is 2.29. The second-order valence-electron chi connectivity index (χ2n) is 5.43. The van der Waals surface area contributed by atoms with Crippen LogP contribution in [0.4, 0.5) is 0 Å². The quantitative estimate of drug-likeness (QED) is 0.315. The van der Waals surface area contributed by atoms with Crippen LogP contribution in [-0.4, -0.2) is 37.0 Å². The Bertz CT molecular complexity index is 642. The molecule has 0 unspecified atom stereocenters. The molecule has 0 atom stereocenters. The van der Waals surface area contributed by atoms with Gasteiger partial charge in [-0.1, -0.05) is 28.9 Å². The lowest BCUT2D eigenvalue weighted by Gasteiger charge is -2.23. The summed E-state index contributed by atoms with van der Waals surface area (Å²) in [6.07, 6.45) is 1.22. The predicted molar refractivity (Wildman–Crippen MR) is 84.6 cm³/mol. The number of halogens is 1. The van der Waals surface area contributed by atoms with E-state index in [0.29, 0.717) is 23.7 Å². The molecule has 1 aromatic carbocycles. The lowest BCUT2D eigenvalue weighted by Crippen LogP contribution is -2.41. The third-order valence-corrected chi connectivity index (χ3v) is 5.83. The Morgan fingerprint density at radius 2 is 2.10 bits per heavy atom. The topological polar surface area (TPSA) is 105 Å². The summed E-state index contributed by atoms with van der Waals surface area (Å²) in [7, 11) is -3.14. The fourth-order valence-corrected chi connectivity index (χ4v) is 2.15. The molecule has 4 N–H and O–H groups in total. The van der Waals surface area contributed by atoms with Crippen molar-refractivity contribution in [3.63, 3.8) is 0 Å². The predicted octanol–water partition coefficient (Wildman–Crippen LogP) is 1.35. The van der Waals surface area contributed by atoms with Crippen molar-refractivity contribution < 1.29 is 13.6 Å². The van der Waals surface area contributed by atoms with Crippen molar-refractivity contribution in [2.75, 3.05) is 12.8 Å². The summed E-state index contributed by atoms with van der Waals surface area (Å²) in [6.45, 7) is 4.06. The second kappa shape index (κ2) is 6.64. The SMILES string of the molecule is CC(C)(CNCc1ccc(/C(N)=N/O)cc1Cl)S(C)(=O)=O. The maximum absolute atomic E-state index is 11.6. The maximum atomic E-state index is 11.6. The Hall–Kier alpha value is -1.31. The van der Waals surface area contributed by atoms with Gasteiger partial charge in [-0.15, -0.1) is 0 Å². The molecule has 0 aromatic heterocycles. The van der Waals surface area contributed by atoms with Gasteiger partial charge in [0.25, 0.3) is 0 Å². The molecule has 0 spiro atoms. The number of sulfone groups is 1. The third kappa shape index (κ3) is 4.59. The van der Waals surface area contributed by atoms with Crippen molar-refractivity contribution in [1.82, 2.24) is 5.32 Å². The zero-order valence-corrected chi connectivity index (χ0v) is 13.8. The molecule has 0 heterocycles. The van der Waals surface area contributed by atoms with Crippen molar-refractivity contribution in [2.45, 2.75) is 25.1 Å². The maximum Gasteiger partial charge on any atom is 0.170 e. The average molecular weight is 334 g/mol. The summed E-state index contributed by atoms with van der Waals surface area (Å²) in [5.41, 5.74) is 6.80. The number of nitrogens with two attached hydrogens (primary N) is 1. The van der Waals surface area contributed by atoms with E-state index >= 15 is 0 Å². The fraction of sp³-hybridized carbons (Fsp3) is 0.462. The van der Waals surface area contributed by atoms with Crippen molar-refractivity contribution in [2.24, 2.45) is 10.9 Å². The summed E-state index contributed by atoms with van der Waals surface area (Å²) < 4.78 is 22.3. The van der Waals surface area contributed by atoms with Crippen molar-refractivity contribution in [1.29, 1.82) is 0 Å². The zero-order valence-electron chi connectivity index (χ0n) is 12.2. The monoisotopic (exact) mass is 333 g/mol. The van der Waals surface area contributed by atoms with Gasteiger partial charge in [0.15, 0.2) is 15.7 Å². The van der Waals surface area contributed by atoms with Gasteiger partial charge in [0.05, 0.1) is 4.75 Å². The van der Waals surface area contributed by atoms with E-state index in [0.717, 1.165) is 5.56 Å². The summed E-state index contributed by atoms with van der Waals surface area (Å²) in [4.78, 5) is 0. The van der Waals surface area contributed by atoms with E-state index in [-0.39, 0.29) is 5.84 Å². The van der Waals surface area contributed by atoms with Gasteiger partial charge in [-0.3, -0.25) is 0 Å². The van der Waals surface area contributed by atoms with Crippen LogP contribution < -0.4 is 11.1 Å². The smallest absolute Gasteiger partial charge is 0.170 e. The minimum atomic E-state index is -3.14. The Morgan fingerprint density at radius 3 is 2.57 bits per heavy atom. The van der Waals surface area contributed by atoms with E-state index < -0.39 is 14.6 Å². The molecule has 1 aromatic rings. The summed E-state index contributed by atoms with van der Waals surface area (Å²) >= 11 is 6.12. The van der Waals surface area contributed by atoms with Gasteiger partial charge in [0.1, 0.15) is 0 Å².